The summed E-state index contributed by atoms with van der Waals surface area (Å²) in [6, 6.07) is 5.41. The fourth-order valence-electron chi connectivity index (χ4n) is 2.24. The fraction of sp³-hybridized carbons (Fsp3) is 0.500. The van der Waals surface area contributed by atoms with E-state index in [0.29, 0.717) is 31.0 Å². The molecule has 1 amide bonds. The highest BCUT2D eigenvalue weighted by atomic mass is 16.5. The number of benzene rings is 1. The summed E-state index contributed by atoms with van der Waals surface area (Å²) in [5.74, 6) is 1.36. The highest BCUT2D eigenvalue weighted by Crippen LogP contribution is 2.25. The molecular formula is C14H19NO4. The van der Waals surface area contributed by atoms with Gasteiger partial charge in [-0.2, -0.15) is 0 Å². The average Bonchev–Trinajstić information content (AvgIpc) is 2.86. The van der Waals surface area contributed by atoms with E-state index in [2.05, 4.69) is 0 Å². The number of hydrogen-bond acceptors (Lipinski definition) is 4. The Labute approximate surface area is 112 Å². The van der Waals surface area contributed by atoms with Crippen molar-refractivity contribution >= 4 is 5.91 Å². The van der Waals surface area contributed by atoms with Gasteiger partial charge in [-0.1, -0.05) is 6.07 Å². The monoisotopic (exact) mass is 265 g/mol. The van der Waals surface area contributed by atoms with Gasteiger partial charge in [-0.15, -0.1) is 0 Å². The molecule has 19 heavy (non-hydrogen) atoms. The number of β-amino-alcohol motifs (C(OH)–C–C–N with tert-alkyl or cyclic N) is 1. The molecule has 1 aromatic rings. The van der Waals surface area contributed by atoms with Crippen molar-refractivity contribution in [2.45, 2.75) is 18.9 Å². The Morgan fingerprint density at radius 3 is 2.79 bits per heavy atom. The third-order valence-electron chi connectivity index (χ3n) is 3.35. The van der Waals surface area contributed by atoms with Gasteiger partial charge in [-0.05, 0) is 12.5 Å². The molecule has 1 heterocycles. The zero-order valence-corrected chi connectivity index (χ0v) is 11.3. The molecule has 1 atom stereocenters. The molecule has 5 nitrogen and oxygen atoms in total. The zero-order chi connectivity index (χ0) is 13.8. The molecule has 104 valence electrons. The van der Waals surface area contributed by atoms with E-state index < -0.39 is 0 Å². The van der Waals surface area contributed by atoms with Crippen LogP contribution in [-0.2, 0) is 11.2 Å². The van der Waals surface area contributed by atoms with Crippen LogP contribution in [0.2, 0.25) is 0 Å². The number of hydrogen-bond donors (Lipinski definition) is 1. The van der Waals surface area contributed by atoms with Gasteiger partial charge in [0.15, 0.2) is 0 Å². The topological polar surface area (TPSA) is 59.0 Å². The van der Waals surface area contributed by atoms with Crippen molar-refractivity contribution < 1.29 is 19.4 Å². The summed E-state index contributed by atoms with van der Waals surface area (Å²) in [5.41, 5.74) is 0.828. The molecule has 0 saturated carbocycles. The lowest BCUT2D eigenvalue weighted by Crippen LogP contribution is -2.30. The molecule has 0 spiro atoms. The van der Waals surface area contributed by atoms with Crippen LogP contribution in [0.3, 0.4) is 0 Å². The Balaban J connectivity index is 2.08. The summed E-state index contributed by atoms with van der Waals surface area (Å²) in [5, 5.41) is 9.45. The Kier molecular flexibility index (Phi) is 4.27. The SMILES string of the molecule is COc1ccc(CC(=O)N2CC[C@@H](O)C2)c(OC)c1. The second kappa shape index (κ2) is 5.93. The molecule has 0 bridgehead atoms. The van der Waals surface area contributed by atoms with Crippen molar-refractivity contribution in [3.8, 4) is 11.5 Å². The summed E-state index contributed by atoms with van der Waals surface area (Å²) < 4.78 is 10.4. The fourth-order valence-corrected chi connectivity index (χ4v) is 2.24. The molecule has 1 fully saturated rings. The van der Waals surface area contributed by atoms with Crippen molar-refractivity contribution in [3.63, 3.8) is 0 Å². The lowest BCUT2D eigenvalue weighted by atomic mass is 10.1. The Morgan fingerprint density at radius 1 is 1.42 bits per heavy atom. The summed E-state index contributed by atoms with van der Waals surface area (Å²) in [7, 11) is 3.16. The van der Waals surface area contributed by atoms with Gasteiger partial charge in [0.25, 0.3) is 0 Å². The summed E-state index contributed by atoms with van der Waals surface area (Å²) in [4.78, 5) is 13.8. The van der Waals surface area contributed by atoms with E-state index in [-0.39, 0.29) is 18.4 Å². The molecule has 1 aliphatic rings. The average molecular weight is 265 g/mol. The van der Waals surface area contributed by atoms with Crippen LogP contribution >= 0.6 is 0 Å². The number of methoxy groups -OCH3 is 2. The maximum atomic E-state index is 12.1. The first-order chi connectivity index (χ1) is 9.13. The number of aliphatic hydroxyl groups is 1. The van der Waals surface area contributed by atoms with Gasteiger partial charge >= 0.3 is 0 Å². The van der Waals surface area contributed by atoms with Crippen molar-refractivity contribution in [1.82, 2.24) is 4.90 Å². The number of carbonyl (C=O) groups is 1. The molecule has 2 rings (SSSR count). The van der Waals surface area contributed by atoms with Gasteiger partial charge in [0, 0.05) is 24.7 Å². The van der Waals surface area contributed by atoms with Crippen LogP contribution in [-0.4, -0.2) is 49.3 Å². The van der Waals surface area contributed by atoms with E-state index in [1.165, 1.54) is 0 Å². The quantitative estimate of drug-likeness (QED) is 0.876. The van der Waals surface area contributed by atoms with Crippen molar-refractivity contribution in [2.24, 2.45) is 0 Å². The Hall–Kier alpha value is -1.75. The minimum atomic E-state index is -0.387. The standard InChI is InChI=1S/C14H19NO4/c1-18-12-4-3-10(13(8-12)19-2)7-14(17)15-6-5-11(16)9-15/h3-4,8,11,16H,5-7,9H2,1-2H3/t11-/m1/s1. The number of carbonyl (C=O) groups excluding carboxylic acids is 1. The lowest BCUT2D eigenvalue weighted by Gasteiger charge is -2.17. The maximum absolute atomic E-state index is 12.1. The highest BCUT2D eigenvalue weighted by molar-refractivity contribution is 5.80. The van der Waals surface area contributed by atoms with E-state index in [4.69, 9.17) is 9.47 Å². The van der Waals surface area contributed by atoms with Gasteiger partial charge < -0.3 is 19.5 Å². The molecule has 1 saturated heterocycles. The van der Waals surface area contributed by atoms with Crippen LogP contribution in [0.25, 0.3) is 0 Å². The van der Waals surface area contributed by atoms with Gasteiger partial charge in [0.05, 0.1) is 26.7 Å². The smallest absolute Gasteiger partial charge is 0.227 e. The third kappa shape index (κ3) is 3.17. The first kappa shape index (κ1) is 13.7. The molecule has 0 aromatic heterocycles. The molecule has 0 aliphatic carbocycles. The highest BCUT2D eigenvalue weighted by Gasteiger charge is 2.25. The van der Waals surface area contributed by atoms with Gasteiger partial charge in [0.2, 0.25) is 5.91 Å². The second-order valence-electron chi connectivity index (χ2n) is 4.64. The number of ether oxygens (including phenoxy) is 2. The van der Waals surface area contributed by atoms with E-state index in [1.54, 1.807) is 25.2 Å². The zero-order valence-electron chi connectivity index (χ0n) is 11.3. The van der Waals surface area contributed by atoms with Gasteiger partial charge in [-0.25, -0.2) is 0 Å². The molecule has 1 aliphatic heterocycles. The van der Waals surface area contributed by atoms with Crippen molar-refractivity contribution in [3.05, 3.63) is 23.8 Å². The Bertz CT molecular complexity index is 461. The predicted molar refractivity (Wildman–Crippen MR) is 70.5 cm³/mol. The largest absolute Gasteiger partial charge is 0.497 e. The van der Waals surface area contributed by atoms with E-state index in [9.17, 15) is 9.90 Å². The van der Waals surface area contributed by atoms with Crippen LogP contribution in [0, 0.1) is 0 Å². The van der Waals surface area contributed by atoms with Gasteiger partial charge in [-0.3, -0.25) is 4.79 Å². The van der Waals surface area contributed by atoms with Crippen LogP contribution in [0.5, 0.6) is 11.5 Å². The summed E-state index contributed by atoms with van der Waals surface area (Å²) in [6.45, 7) is 1.05. The van der Waals surface area contributed by atoms with E-state index >= 15 is 0 Å². The third-order valence-corrected chi connectivity index (χ3v) is 3.35. The van der Waals surface area contributed by atoms with Crippen LogP contribution in [0.15, 0.2) is 18.2 Å². The van der Waals surface area contributed by atoms with Crippen LogP contribution in [0.1, 0.15) is 12.0 Å². The number of likely N-dealkylation sites (tertiary alicyclic amines) is 1. The molecule has 0 radical (unpaired) electrons. The molecular weight excluding hydrogens is 246 g/mol. The minimum Gasteiger partial charge on any atom is -0.497 e. The number of rotatable bonds is 4. The summed E-state index contributed by atoms with van der Waals surface area (Å²) in [6.07, 6.45) is 0.549. The number of aliphatic hydroxyl groups excluding tert-OH is 1. The normalized spacial score (nSPS) is 18.5. The Morgan fingerprint density at radius 2 is 2.21 bits per heavy atom. The van der Waals surface area contributed by atoms with Gasteiger partial charge in [0.1, 0.15) is 11.5 Å². The second-order valence-corrected chi connectivity index (χ2v) is 4.64. The van der Waals surface area contributed by atoms with Crippen molar-refractivity contribution in [2.75, 3.05) is 27.3 Å². The molecule has 1 aromatic carbocycles. The molecule has 0 unspecified atom stereocenters. The van der Waals surface area contributed by atoms with E-state index in [1.807, 2.05) is 12.1 Å². The number of nitrogens with zero attached hydrogens (tertiary/aromatic N) is 1. The number of amides is 1. The molecule has 1 N–H and O–H groups in total. The van der Waals surface area contributed by atoms with Crippen molar-refractivity contribution in [1.29, 1.82) is 0 Å². The van der Waals surface area contributed by atoms with Crippen LogP contribution < -0.4 is 9.47 Å². The lowest BCUT2D eigenvalue weighted by molar-refractivity contribution is -0.129. The summed E-state index contributed by atoms with van der Waals surface area (Å²) >= 11 is 0. The first-order valence-electron chi connectivity index (χ1n) is 6.30. The van der Waals surface area contributed by atoms with Crippen LogP contribution in [0.4, 0.5) is 0 Å². The molecule has 5 heteroatoms. The van der Waals surface area contributed by atoms with E-state index in [0.717, 1.165) is 5.56 Å². The predicted octanol–water partition coefficient (Wildman–Crippen LogP) is 0.839. The maximum Gasteiger partial charge on any atom is 0.227 e. The minimum absolute atomic E-state index is 0.0139. The first-order valence-corrected chi connectivity index (χ1v) is 6.30.